The Kier molecular flexibility index (Phi) is 6.22. The van der Waals surface area contributed by atoms with Crippen molar-refractivity contribution >= 4 is 0 Å². The van der Waals surface area contributed by atoms with Gasteiger partial charge in [-0.3, -0.25) is 0 Å². The van der Waals surface area contributed by atoms with Crippen LogP contribution in [0.15, 0.2) is 0 Å². The zero-order valence-corrected chi connectivity index (χ0v) is 10.2. The molecule has 3 heteroatoms. The lowest BCUT2D eigenvalue weighted by Gasteiger charge is -2.23. The number of ether oxygens (including phenoxy) is 1. The van der Waals surface area contributed by atoms with Crippen LogP contribution < -0.4 is 5.73 Å². The van der Waals surface area contributed by atoms with E-state index in [2.05, 4.69) is 11.8 Å². The van der Waals surface area contributed by atoms with Crippen molar-refractivity contribution in [3.8, 4) is 0 Å². The molecule has 0 saturated carbocycles. The summed E-state index contributed by atoms with van der Waals surface area (Å²) in [6.45, 7) is 6.40. The normalized spacial score (nSPS) is 26.2. The van der Waals surface area contributed by atoms with Gasteiger partial charge in [0.15, 0.2) is 0 Å². The third kappa shape index (κ3) is 4.96. The van der Waals surface area contributed by atoms with Crippen LogP contribution in [0.5, 0.6) is 0 Å². The topological polar surface area (TPSA) is 38.5 Å². The quantitative estimate of drug-likeness (QED) is 0.753. The fourth-order valence-corrected chi connectivity index (χ4v) is 2.41. The third-order valence-electron chi connectivity index (χ3n) is 3.39. The highest BCUT2D eigenvalue weighted by Gasteiger charge is 2.17. The Morgan fingerprint density at radius 3 is 2.87 bits per heavy atom. The van der Waals surface area contributed by atoms with Gasteiger partial charge in [-0.15, -0.1) is 0 Å². The van der Waals surface area contributed by atoms with E-state index in [9.17, 15) is 0 Å². The molecule has 90 valence electrons. The van der Waals surface area contributed by atoms with E-state index in [1.54, 1.807) is 7.11 Å². The maximum absolute atomic E-state index is 5.97. The molecule has 0 spiro atoms. The second kappa shape index (κ2) is 7.20. The smallest absolute Gasteiger partial charge is 0.0626 e. The first kappa shape index (κ1) is 12.9. The van der Waals surface area contributed by atoms with Gasteiger partial charge in [0, 0.05) is 19.7 Å². The molecule has 3 nitrogen and oxygen atoms in total. The summed E-state index contributed by atoms with van der Waals surface area (Å²) in [5.41, 5.74) is 5.97. The molecule has 2 atom stereocenters. The van der Waals surface area contributed by atoms with Gasteiger partial charge < -0.3 is 15.4 Å². The molecule has 1 rings (SSSR count). The third-order valence-corrected chi connectivity index (χ3v) is 3.39. The van der Waals surface area contributed by atoms with Gasteiger partial charge in [-0.05, 0) is 38.3 Å². The van der Waals surface area contributed by atoms with Crippen molar-refractivity contribution in [1.82, 2.24) is 4.90 Å². The van der Waals surface area contributed by atoms with Crippen LogP contribution in [0.1, 0.15) is 32.6 Å². The molecule has 0 aliphatic carbocycles. The standard InChI is InChI=1S/C12H26N2O/c1-3-11-5-4-7-14(8-6-11)9-12(13)10-15-2/h11-12H,3-10,13H2,1-2H3. The fourth-order valence-electron chi connectivity index (χ4n) is 2.41. The first-order valence-corrected chi connectivity index (χ1v) is 6.23. The Hall–Kier alpha value is -0.120. The molecule has 1 heterocycles. The summed E-state index contributed by atoms with van der Waals surface area (Å²) in [5.74, 6) is 0.939. The van der Waals surface area contributed by atoms with Gasteiger partial charge in [-0.25, -0.2) is 0 Å². The zero-order valence-electron chi connectivity index (χ0n) is 10.2. The number of nitrogens with two attached hydrogens (primary N) is 1. The van der Waals surface area contributed by atoms with Crippen molar-refractivity contribution in [2.24, 2.45) is 11.7 Å². The highest BCUT2D eigenvalue weighted by Crippen LogP contribution is 2.19. The van der Waals surface area contributed by atoms with E-state index in [-0.39, 0.29) is 6.04 Å². The van der Waals surface area contributed by atoms with Crippen molar-refractivity contribution in [2.75, 3.05) is 33.4 Å². The molecule has 2 N–H and O–H groups in total. The van der Waals surface area contributed by atoms with Crippen LogP contribution in [-0.4, -0.2) is 44.3 Å². The molecule has 15 heavy (non-hydrogen) atoms. The van der Waals surface area contributed by atoms with E-state index in [0.717, 1.165) is 12.5 Å². The first-order chi connectivity index (χ1) is 7.26. The summed E-state index contributed by atoms with van der Waals surface area (Å²) in [5, 5.41) is 0. The van der Waals surface area contributed by atoms with E-state index >= 15 is 0 Å². The molecular formula is C12H26N2O. The minimum absolute atomic E-state index is 0.174. The van der Waals surface area contributed by atoms with Crippen LogP contribution in [0, 0.1) is 5.92 Å². The molecule has 1 aliphatic heterocycles. The van der Waals surface area contributed by atoms with Crippen LogP contribution >= 0.6 is 0 Å². The Bertz CT molecular complexity index is 164. The highest BCUT2D eigenvalue weighted by molar-refractivity contribution is 4.73. The Morgan fingerprint density at radius 2 is 2.20 bits per heavy atom. The molecule has 1 aliphatic rings. The summed E-state index contributed by atoms with van der Waals surface area (Å²) >= 11 is 0. The average molecular weight is 214 g/mol. The van der Waals surface area contributed by atoms with Gasteiger partial charge in [-0.1, -0.05) is 13.3 Å². The fraction of sp³-hybridized carbons (Fsp3) is 1.00. The van der Waals surface area contributed by atoms with Crippen LogP contribution in [0.3, 0.4) is 0 Å². The number of likely N-dealkylation sites (tertiary alicyclic amines) is 1. The van der Waals surface area contributed by atoms with E-state index < -0.39 is 0 Å². The maximum Gasteiger partial charge on any atom is 0.0626 e. The van der Waals surface area contributed by atoms with Crippen LogP contribution in [-0.2, 0) is 4.74 Å². The van der Waals surface area contributed by atoms with E-state index in [1.165, 1.54) is 38.8 Å². The summed E-state index contributed by atoms with van der Waals surface area (Å²) in [7, 11) is 1.72. The molecule has 1 fully saturated rings. The average Bonchev–Trinajstić information content (AvgIpc) is 2.43. The monoisotopic (exact) mass is 214 g/mol. The van der Waals surface area contributed by atoms with E-state index in [4.69, 9.17) is 10.5 Å². The van der Waals surface area contributed by atoms with Gasteiger partial charge in [0.05, 0.1) is 6.61 Å². The van der Waals surface area contributed by atoms with Gasteiger partial charge >= 0.3 is 0 Å². The molecule has 0 bridgehead atoms. The van der Waals surface area contributed by atoms with Crippen molar-refractivity contribution < 1.29 is 4.74 Å². The zero-order chi connectivity index (χ0) is 11.1. The lowest BCUT2D eigenvalue weighted by molar-refractivity contribution is 0.154. The molecule has 0 amide bonds. The molecule has 0 aromatic carbocycles. The van der Waals surface area contributed by atoms with Crippen LogP contribution in [0.4, 0.5) is 0 Å². The predicted octanol–water partition coefficient (Wildman–Crippen LogP) is 1.47. The first-order valence-electron chi connectivity index (χ1n) is 6.23. The van der Waals surface area contributed by atoms with Crippen molar-refractivity contribution in [3.05, 3.63) is 0 Å². The minimum atomic E-state index is 0.174. The van der Waals surface area contributed by atoms with E-state index in [1.807, 2.05) is 0 Å². The summed E-state index contributed by atoms with van der Waals surface area (Å²) < 4.78 is 5.07. The lowest BCUT2D eigenvalue weighted by Crippen LogP contribution is -2.40. The number of methoxy groups -OCH3 is 1. The number of hydrogen-bond donors (Lipinski definition) is 1. The molecule has 1 saturated heterocycles. The minimum Gasteiger partial charge on any atom is -0.383 e. The summed E-state index contributed by atoms with van der Waals surface area (Å²) in [6, 6.07) is 0.174. The molecule has 0 aromatic rings. The highest BCUT2D eigenvalue weighted by atomic mass is 16.5. The van der Waals surface area contributed by atoms with Gasteiger partial charge in [0.25, 0.3) is 0 Å². The van der Waals surface area contributed by atoms with Crippen LogP contribution in [0.2, 0.25) is 0 Å². The number of nitrogens with zero attached hydrogens (tertiary/aromatic N) is 1. The van der Waals surface area contributed by atoms with Gasteiger partial charge in [-0.2, -0.15) is 0 Å². The SMILES string of the molecule is CCC1CCCN(CC(N)COC)CC1. The van der Waals surface area contributed by atoms with Gasteiger partial charge in [0.1, 0.15) is 0 Å². The van der Waals surface area contributed by atoms with Gasteiger partial charge in [0.2, 0.25) is 0 Å². The molecule has 2 unspecified atom stereocenters. The second-order valence-electron chi connectivity index (χ2n) is 4.72. The number of hydrogen-bond acceptors (Lipinski definition) is 3. The van der Waals surface area contributed by atoms with Crippen LogP contribution in [0.25, 0.3) is 0 Å². The summed E-state index contributed by atoms with van der Waals surface area (Å²) in [6.07, 6.45) is 5.40. The Balaban J connectivity index is 2.24. The molecule has 0 aromatic heterocycles. The summed E-state index contributed by atoms with van der Waals surface area (Å²) in [4.78, 5) is 2.50. The van der Waals surface area contributed by atoms with E-state index in [0.29, 0.717) is 6.61 Å². The second-order valence-corrected chi connectivity index (χ2v) is 4.72. The van der Waals surface area contributed by atoms with Crippen molar-refractivity contribution in [2.45, 2.75) is 38.6 Å². The molecular weight excluding hydrogens is 188 g/mol. The molecule has 0 radical (unpaired) electrons. The Morgan fingerprint density at radius 1 is 1.40 bits per heavy atom. The largest absolute Gasteiger partial charge is 0.383 e. The lowest BCUT2D eigenvalue weighted by atomic mass is 9.98. The van der Waals surface area contributed by atoms with Crippen molar-refractivity contribution in [3.63, 3.8) is 0 Å². The maximum atomic E-state index is 5.97. The van der Waals surface area contributed by atoms with Crippen molar-refractivity contribution in [1.29, 1.82) is 0 Å². The Labute approximate surface area is 94.0 Å². The predicted molar refractivity (Wildman–Crippen MR) is 63.9 cm³/mol. The number of rotatable bonds is 5.